The average molecular weight is 242 g/mol. The Morgan fingerprint density at radius 1 is 1.44 bits per heavy atom. The van der Waals surface area contributed by atoms with Crippen molar-refractivity contribution in [1.29, 1.82) is 10.5 Å². The number of hydrogen-bond acceptors (Lipinski definition) is 6. The predicted molar refractivity (Wildman–Crippen MR) is 64.7 cm³/mol. The summed E-state index contributed by atoms with van der Waals surface area (Å²) in [5.41, 5.74) is 5.15. The van der Waals surface area contributed by atoms with Gasteiger partial charge >= 0.3 is 0 Å². The molecule has 0 spiro atoms. The van der Waals surface area contributed by atoms with Gasteiger partial charge in [0.15, 0.2) is 17.2 Å². The van der Waals surface area contributed by atoms with E-state index in [1.54, 1.807) is 30.3 Å². The molecule has 0 saturated carbocycles. The molecule has 0 heterocycles. The lowest BCUT2D eigenvalue weighted by Crippen LogP contribution is -1.97. The van der Waals surface area contributed by atoms with Gasteiger partial charge in [0.05, 0.1) is 7.11 Å². The summed E-state index contributed by atoms with van der Waals surface area (Å²) < 4.78 is 4.92. The van der Waals surface area contributed by atoms with E-state index < -0.39 is 0 Å². The van der Waals surface area contributed by atoms with Crippen molar-refractivity contribution in [3.8, 4) is 23.6 Å². The number of ether oxygens (including phenoxy) is 1. The van der Waals surface area contributed by atoms with E-state index in [9.17, 15) is 5.11 Å². The molecular weight excluding hydrogens is 232 g/mol. The highest BCUT2D eigenvalue weighted by Gasteiger charge is 2.05. The van der Waals surface area contributed by atoms with E-state index in [4.69, 9.17) is 21.0 Å². The molecule has 0 radical (unpaired) electrons. The minimum atomic E-state index is -0.281. The van der Waals surface area contributed by atoms with Gasteiger partial charge in [-0.2, -0.15) is 10.5 Å². The average Bonchev–Trinajstić information content (AvgIpc) is 2.40. The summed E-state index contributed by atoms with van der Waals surface area (Å²) in [4.78, 5) is 3.75. The molecule has 0 saturated heterocycles. The second-order valence-electron chi connectivity index (χ2n) is 3.14. The number of para-hydroxylation sites is 1. The monoisotopic (exact) mass is 242 g/mol. The van der Waals surface area contributed by atoms with E-state index in [1.807, 2.05) is 0 Å². The normalized spacial score (nSPS) is 11.5. The van der Waals surface area contributed by atoms with Crippen molar-refractivity contribution in [2.75, 3.05) is 7.11 Å². The van der Waals surface area contributed by atoms with Crippen molar-refractivity contribution >= 4 is 6.21 Å². The number of aliphatic imine (C=N–C) groups is 1. The maximum Gasteiger partial charge on any atom is 0.174 e. The second kappa shape index (κ2) is 5.92. The molecule has 0 atom stereocenters. The fraction of sp³-hybridized carbons (Fsp3) is 0.0833. The first-order valence-corrected chi connectivity index (χ1v) is 4.84. The lowest BCUT2D eigenvalue weighted by Gasteiger charge is -2.04. The molecule has 1 aromatic carbocycles. The van der Waals surface area contributed by atoms with Gasteiger partial charge in [-0.25, -0.2) is 4.99 Å². The third kappa shape index (κ3) is 2.77. The number of allylic oxidation sites excluding steroid dienone is 2. The van der Waals surface area contributed by atoms with Crippen molar-refractivity contribution < 1.29 is 9.84 Å². The predicted octanol–water partition coefficient (Wildman–Crippen LogP) is 1.04. The molecule has 90 valence electrons. The Morgan fingerprint density at radius 2 is 2.17 bits per heavy atom. The Bertz CT molecular complexity index is 591. The van der Waals surface area contributed by atoms with Gasteiger partial charge in [0.2, 0.25) is 0 Å². The number of rotatable bonds is 3. The SMILES string of the molecule is COc1cccc(C=N/C(C#N)=C(/N)C#N)c1O. The highest BCUT2D eigenvalue weighted by atomic mass is 16.5. The van der Waals surface area contributed by atoms with E-state index in [1.165, 1.54) is 13.3 Å². The first kappa shape index (κ1) is 13.1. The van der Waals surface area contributed by atoms with Gasteiger partial charge in [-0.1, -0.05) is 6.07 Å². The summed E-state index contributed by atoms with van der Waals surface area (Å²) in [6.45, 7) is 0. The van der Waals surface area contributed by atoms with E-state index >= 15 is 0 Å². The Hall–Kier alpha value is -2.99. The van der Waals surface area contributed by atoms with Crippen molar-refractivity contribution in [1.82, 2.24) is 0 Å². The first-order valence-electron chi connectivity index (χ1n) is 4.84. The van der Waals surface area contributed by atoms with E-state index in [0.717, 1.165) is 0 Å². The molecule has 0 amide bonds. The van der Waals surface area contributed by atoms with Gasteiger partial charge in [-0.15, -0.1) is 0 Å². The minimum Gasteiger partial charge on any atom is -0.504 e. The number of nitrogens with zero attached hydrogens (tertiary/aromatic N) is 3. The molecule has 0 aromatic heterocycles. The zero-order chi connectivity index (χ0) is 13.5. The van der Waals surface area contributed by atoms with Crippen LogP contribution in [0.1, 0.15) is 5.56 Å². The molecule has 1 rings (SSSR count). The number of nitriles is 2. The summed E-state index contributed by atoms with van der Waals surface area (Å²) >= 11 is 0. The molecule has 0 aliphatic carbocycles. The smallest absolute Gasteiger partial charge is 0.174 e. The molecule has 0 bridgehead atoms. The van der Waals surface area contributed by atoms with Crippen LogP contribution in [0.4, 0.5) is 0 Å². The summed E-state index contributed by atoms with van der Waals surface area (Å²) in [5.74, 6) is 0.186. The molecule has 0 aliphatic heterocycles. The van der Waals surface area contributed by atoms with Crippen LogP contribution in [0.2, 0.25) is 0 Å². The maximum absolute atomic E-state index is 9.76. The minimum absolute atomic E-state index is 0.100. The van der Waals surface area contributed by atoms with Crippen LogP contribution in [0.25, 0.3) is 0 Å². The Morgan fingerprint density at radius 3 is 2.72 bits per heavy atom. The number of hydrogen-bond donors (Lipinski definition) is 2. The van der Waals surface area contributed by atoms with Crippen LogP contribution < -0.4 is 10.5 Å². The van der Waals surface area contributed by atoms with Crippen LogP contribution in [-0.2, 0) is 0 Å². The van der Waals surface area contributed by atoms with Crippen LogP contribution in [0.15, 0.2) is 34.6 Å². The third-order valence-corrected chi connectivity index (χ3v) is 2.06. The van der Waals surface area contributed by atoms with Gasteiger partial charge in [0.25, 0.3) is 0 Å². The highest BCUT2D eigenvalue weighted by molar-refractivity contribution is 5.85. The van der Waals surface area contributed by atoms with Gasteiger partial charge in [0.1, 0.15) is 17.8 Å². The van der Waals surface area contributed by atoms with Crippen LogP contribution in [0, 0.1) is 22.7 Å². The molecular formula is C12H10N4O2. The quantitative estimate of drug-likeness (QED) is 0.606. The number of phenolic OH excluding ortho intramolecular Hbond substituents is 1. The fourth-order valence-electron chi connectivity index (χ4n) is 1.15. The van der Waals surface area contributed by atoms with Crippen LogP contribution in [0.5, 0.6) is 11.5 Å². The van der Waals surface area contributed by atoms with Gasteiger partial charge in [-0.05, 0) is 12.1 Å². The number of benzene rings is 1. The van der Waals surface area contributed by atoms with Gasteiger partial charge in [0, 0.05) is 11.8 Å². The zero-order valence-corrected chi connectivity index (χ0v) is 9.58. The van der Waals surface area contributed by atoms with E-state index in [-0.39, 0.29) is 22.9 Å². The van der Waals surface area contributed by atoms with E-state index in [0.29, 0.717) is 5.56 Å². The largest absolute Gasteiger partial charge is 0.504 e. The Balaban J connectivity index is 3.14. The lowest BCUT2D eigenvalue weighted by molar-refractivity contribution is 0.373. The number of aromatic hydroxyl groups is 1. The second-order valence-corrected chi connectivity index (χ2v) is 3.14. The lowest BCUT2D eigenvalue weighted by atomic mass is 10.2. The molecule has 1 aromatic rings. The van der Waals surface area contributed by atoms with Crippen LogP contribution >= 0.6 is 0 Å². The number of phenols is 1. The molecule has 3 N–H and O–H groups in total. The molecule has 0 aliphatic rings. The number of methoxy groups -OCH3 is 1. The Kier molecular flexibility index (Phi) is 4.30. The standard InChI is InChI=1S/C12H10N4O2/c1-18-11-4-2-3-8(12(11)17)7-16-10(6-14)9(15)5-13/h2-4,7,17H,15H2,1H3/b10-9+,16-7?. The maximum atomic E-state index is 9.76. The van der Waals surface area contributed by atoms with Crippen LogP contribution in [0.3, 0.4) is 0 Å². The van der Waals surface area contributed by atoms with Crippen molar-refractivity contribution in [2.24, 2.45) is 10.7 Å². The Labute approximate surface area is 104 Å². The van der Waals surface area contributed by atoms with E-state index in [2.05, 4.69) is 4.99 Å². The molecule has 0 unspecified atom stereocenters. The van der Waals surface area contributed by atoms with Gasteiger partial charge in [-0.3, -0.25) is 0 Å². The van der Waals surface area contributed by atoms with Crippen molar-refractivity contribution in [3.63, 3.8) is 0 Å². The molecule has 18 heavy (non-hydrogen) atoms. The highest BCUT2D eigenvalue weighted by Crippen LogP contribution is 2.28. The topological polar surface area (TPSA) is 115 Å². The summed E-state index contributed by atoms with van der Waals surface area (Å²) in [7, 11) is 1.42. The molecule has 0 fully saturated rings. The van der Waals surface area contributed by atoms with Crippen LogP contribution in [-0.4, -0.2) is 18.4 Å². The molecule has 6 nitrogen and oxygen atoms in total. The summed E-state index contributed by atoms with van der Waals surface area (Å²) in [5, 5.41) is 27.0. The molecule has 6 heteroatoms. The first-order chi connectivity index (χ1) is 8.63. The summed E-state index contributed by atoms with van der Waals surface area (Å²) in [6.07, 6.45) is 1.24. The van der Waals surface area contributed by atoms with Gasteiger partial charge < -0.3 is 15.6 Å². The zero-order valence-electron chi connectivity index (χ0n) is 9.58. The summed E-state index contributed by atoms with van der Waals surface area (Å²) in [6, 6.07) is 8.13. The fourth-order valence-corrected chi connectivity index (χ4v) is 1.15. The van der Waals surface area contributed by atoms with Crippen molar-refractivity contribution in [3.05, 3.63) is 35.2 Å². The van der Waals surface area contributed by atoms with Crippen molar-refractivity contribution in [2.45, 2.75) is 0 Å². The number of nitrogens with two attached hydrogens (primary N) is 1. The third-order valence-electron chi connectivity index (χ3n) is 2.06.